The third-order valence-electron chi connectivity index (χ3n) is 1.72. The summed E-state index contributed by atoms with van der Waals surface area (Å²) in [5.74, 6) is 0.786. The molecule has 0 spiro atoms. The number of carbonyl (C=O) groups is 1. The lowest BCUT2D eigenvalue weighted by atomic mass is 10.0. The van der Waals surface area contributed by atoms with E-state index in [0.29, 0.717) is 18.1 Å². The molecule has 1 aliphatic rings. The molecule has 0 saturated carbocycles. The van der Waals surface area contributed by atoms with Gasteiger partial charge in [0.05, 0.1) is 0 Å². The Hall–Kier alpha value is -0.850. The summed E-state index contributed by atoms with van der Waals surface area (Å²) in [7, 11) is 0. The molecule has 11 heavy (non-hydrogen) atoms. The normalized spacial score (nSPS) is 15.7. The van der Waals surface area contributed by atoms with Gasteiger partial charge in [0.15, 0.2) is 5.78 Å². The van der Waals surface area contributed by atoms with Gasteiger partial charge in [-0.1, -0.05) is 32.1 Å². The van der Waals surface area contributed by atoms with E-state index >= 15 is 0 Å². The lowest BCUT2D eigenvalue weighted by molar-refractivity contribution is -0.116. The maximum Gasteiger partial charge on any atom is 0.159 e. The maximum absolute atomic E-state index is 11.3. The minimum Gasteiger partial charge on any atom is -0.295 e. The first-order valence-corrected chi connectivity index (χ1v) is 4.09. The SMILES string of the molecule is CC(C)CC(=O)C1=CC=CC1. The average Bonchev–Trinajstić information content (AvgIpc) is 2.35. The first-order chi connectivity index (χ1) is 5.20. The third-order valence-corrected chi connectivity index (χ3v) is 1.72. The molecule has 0 fully saturated rings. The van der Waals surface area contributed by atoms with Crippen LogP contribution in [0.3, 0.4) is 0 Å². The quantitative estimate of drug-likeness (QED) is 0.604. The van der Waals surface area contributed by atoms with Gasteiger partial charge in [0.2, 0.25) is 0 Å². The fraction of sp³-hybridized carbons (Fsp3) is 0.500. The smallest absolute Gasteiger partial charge is 0.159 e. The molecule has 1 nitrogen and oxygen atoms in total. The molecule has 0 atom stereocenters. The molecule has 0 N–H and O–H groups in total. The van der Waals surface area contributed by atoms with Crippen molar-refractivity contribution < 1.29 is 4.79 Å². The van der Waals surface area contributed by atoms with Gasteiger partial charge < -0.3 is 0 Å². The molecule has 0 aromatic carbocycles. The standard InChI is InChI=1S/C10H14O/c1-8(2)7-10(11)9-5-3-4-6-9/h3-5,8H,6-7H2,1-2H3. The highest BCUT2D eigenvalue weighted by atomic mass is 16.1. The second kappa shape index (κ2) is 3.51. The molecule has 60 valence electrons. The predicted molar refractivity (Wildman–Crippen MR) is 46.3 cm³/mol. The average molecular weight is 150 g/mol. The molecule has 0 amide bonds. The fourth-order valence-corrected chi connectivity index (χ4v) is 1.16. The van der Waals surface area contributed by atoms with E-state index in [4.69, 9.17) is 0 Å². The van der Waals surface area contributed by atoms with E-state index in [1.165, 1.54) is 0 Å². The Morgan fingerprint density at radius 1 is 1.64 bits per heavy atom. The van der Waals surface area contributed by atoms with Gasteiger partial charge in [-0.25, -0.2) is 0 Å². The zero-order valence-electron chi connectivity index (χ0n) is 7.13. The summed E-state index contributed by atoms with van der Waals surface area (Å²) in [6, 6.07) is 0. The Bertz CT molecular complexity index is 209. The van der Waals surface area contributed by atoms with E-state index in [2.05, 4.69) is 13.8 Å². The highest BCUT2D eigenvalue weighted by molar-refractivity contribution is 5.96. The Kier molecular flexibility index (Phi) is 2.64. The first kappa shape index (κ1) is 8.25. The predicted octanol–water partition coefficient (Wildman–Crippen LogP) is 2.49. The fourth-order valence-electron chi connectivity index (χ4n) is 1.16. The molecule has 1 heteroatoms. The number of Topliss-reactive ketones (excluding diaryl/α,β-unsaturated/α-hetero) is 1. The van der Waals surface area contributed by atoms with Crippen LogP contribution in [-0.2, 0) is 4.79 Å². The van der Waals surface area contributed by atoms with Gasteiger partial charge in [-0.15, -0.1) is 0 Å². The van der Waals surface area contributed by atoms with Crippen molar-refractivity contribution >= 4 is 5.78 Å². The molecular formula is C10H14O. The van der Waals surface area contributed by atoms with Crippen molar-refractivity contribution in [1.29, 1.82) is 0 Å². The molecule has 1 aliphatic carbocycles. The van der Waals surface area contributed by atoms with Crippen LogP contribution < -0.4 is 0 Å². The molecule has 0 bridgehead atoms. The summed E-state index contributed by atoms with van der Waals surface area (Å²) in [6.07, 6.45) is 7.42. The molecule has 0 saturated heterocycles. The lowest BCUT2D eigenvalue weighted by Crippen LogP contribution is -2.04. The lowest BCUT2D eigenvalue weighted by Gasteiger charge is -2.03. The van der Waals surface area contributed by atoms with E-state index in [1.807, 2.05) is 18.2 Å². The van der Waals surface area contributed by atoms with Crippen LogP contribution in [0.15, 0.2) is 23.8 Å². The summed E-state index contributed by atoms with van der Waals surface area (Å²) < 4.78 is 0. The number of rotatable bonds is 3. The second-order valence-corrected chi connectivity index (χ2v) is 3.35. The van der Waals surface area contributed by atoms with E-state index in [0.717, 1.165) is 12.0 Å². The number of carbonyl (C=O) groups excluding carboxylic acids is 1. The second-order valence-electron chi connectivity index (χ2n) is 3.35. The van der Waals surface area contributed by atoms with Crippen molar-refractivity contribution in [1.82, 2.24) is 0 Å². The Morgan fingerprint density at radius 2 is 2.36 bits per heavy atom. The topological polar surface area (TPSA) is 17.1 Å². The summed E-state index contributed by atoms with van der Waals surface area (Å²) in [5.41, 5.74) is 0.971. The van der Waals surface area contributed by atoms with Crippen molar-refractivity contribution in [2.45, 2.75) is 26.7 Å². The van der Waals surface area contributed by atoms with Gasteiger partial charge in [0.25, 0.3) is 0 Å². The highest BCUT2D eigenvalue weighted by Gasteiger charge is 2.11. The van der Waals surface area contributed by atoms with Gasteiger partial charge in [0, 0.05) is 6.42 Å². The minimum absolute atomic E-state index is 0.310. The molecule has 0 aliphatic heterocycles. The molecule has 0 aromatic rings. The highest BCUT2D eigenvalue weighted by Crippen LogP contribution is 2.15. The summed E-state index contributed by atoms with van der Waals surface area (Å²) in [5, 5.41) is 0. The number of ketones is 1. The van der Waals surface area contributed by atoms with E-state index in [1.54, 1.807) is 0 Å². The van der Waals surface area contributed by atoms with Crippen LogP contribution in [0, 0.1) is 5.92 Å². The van der Waals surface area contributed by atoms with Crippen molar-refractivity contribution in [3.05, 3.63) is 23.8 Å². The molecular weight excluding hydrogens is 136 g/mol. The van der Waals surface area contributed by atoms with Gasteiger partial charge in [-0.3, -0.25) is 4.79 Å². The first-order valence-electron chi connectivity index (χ1n) is 4.09. The van der Waals surface area contributed by atoms with E-state index in [-0.39, 0.29) is 0 Å². The maximum atomic E-state index is 11.3. The molecule has 1 rings (SSSR count). The van der Waals surface area contributed by atoms with Crippen molar-refractivity contribution in [2.24, 2.45) is 5.92 Å². The number of hydrogen-bond acceptors (Lipinski definition) is 1. The number of hydrogen-bond donors (Lipinski definition) is 0. The zero-order valence-corrected chi connectivity index (χ0v) is 7.13. The van der Waals surface area contributed by atoms with Crippen LogP contribution in [0.1, 0.15) is 26.7 Å². The van der Waals surface area contributed by atoms with Crippen LogP contribution in [0.5, 0.6) is 0 Å². The van der Waals surface area contributed by atoms with Crippen LogP contribution in [0.2, 0.25) is 0 Å². The molecule has 0 radical (unpaired) electrons. The van der Waals surface area contributed by atoms with Crippen LogP contribution in [-0.4, -0.2) is 5.78 Å². The Morgan fingerprint density at radius 3 is 2.82 bits per heavy atom. The number of allylic oxidation sites excluding steroid dienone is 4. The molecule has 0 unspecified atom stereocenters. The van der Waals surface area contributed by atoms with Crippen molar-refractivity contribution in [3.8, 4) is 0 Å². The van der Waals surface area contributed by atoms with Gasteiger partial charge in [0.1, 0.15) is 0 Å². The third kappa shape index (κ3) is 2.34. The Labute approximate surface area is 67.8 Å². The summed E-state index contributed by atoms with van der Waals surface area (Å²) in [6.45, 7) is 4.14. The van der Waals surface area contributed by atoms with Crippen molar-refractivity contribution in [3.63, 3.8) is 0 Å². The monoisotopic (exact) mass is 150 g/mol. The van der Waals surface area contributed by atoms with Crippen LogP contribution in [0.25, 0.3) is 0 Å². The van der Waals surface area contributed by atoms with Gasteiger partial charge >= 0.3 is 0 Å². The van der Waals surface area contributed by atoms with E-state index < -0.39 is 0 Å². The zero-order chi connectivity index (χ0) is 8.27. The van der Waals surface area contributed by atoms with Gasteiger partial charge in [-0.2, -0.15) is 0 Å². The van der Waals surface area contributed by atoms with E-state index in [9.17, 15) is 4.79 Å². The Balaban J connectivity index is 2.43. The molecule has 0 heterocycles. The minimum atomic E-state index is 0.310. The largest absolute Gasteiger partial charge is 0.295 e. The van der Waals surface area contributed by atoms with Gasteiger partial charge in [-0.05, 0) is 17.9 Å². The summed E-state index contributed by atoms with van der Waals surface area (Å²) in [4.78, 5) is 11.3. The molecule has 0 aromatic heterocycles. The van der Waals surface area contributed by atoms with Crippen LogP contribution in [0.4, 0.5) is 0 Å². The van der Waals surface area contributed by atoms with Crippen LogP contribution >= 0.6 is 0 Å². The summed E-state index contributed by atoms with van der Waals surface area (Å²) >= 11 is 0. The van der Waals surface area contributed by atoms with Crippen molar-refractivity contribution in [2.75, 3.05) is 0 Å².